The zero-order valence-electron chi connectivity index (χ0n) is 11.9. The quantitative estimate of drug-likeness (QED) is 0.899. The number of pyridine rings is 1. The molecule has 21 heavy (non-hydrogen) atoms. The van der Waals surface area contributed by atoms with Gasteiger partial charge in [-0.15, -0.1) is 0 Å². The average molecular weight is 285 g/mol. The van der Waals surface area contributed by atoms with Gasteiger partial charge in [0.25, 0.3) is 0 Å². The van der Waals surface area contributed by atoms with Crippen molar-refractivity contribution >= 4 is 11.6 Å². The van der Waals surface area contributed by atoms with Crippen LogP contribution in [0.3, 0.4) is 0 Å². The molecule has 0 spiro atoms. The highest BCUT2D eigenvalue weighted by atomic mass is 16.3. The monoisotopic (exact) mass is 285 g/mol. The third-order valence-electron chi connectivity index (χ3n) is 4.92. The Morgan fingerprint density at radius 1 is 1.33 bits per heavy atom. The highest BCUT2D eigenvalue weighted by molar-refractivity contribution is 5.78. The lowest BCUT2D eigenvalue weighted by Gasteiger charge is -2.17. The van der Waals surface area contributed by atoms with Crippen LogP contribution in [0, 0.1) is 11.8 Å². The van der Waals surface area contributed by atoms with Crippen LogP contribution in [0.25, 0.3) is 5.65 Å². The van der Waals surface area contributed by atoms with E-state index in [9.17, 15) is 9.90 Å². The molecule has 1 saturated heterocycles. The maximum Gasteiger partial charge on any atom is 0.228 e. The van der Waals surface area contributed by atoms with Crippen molar-refractivity contribution in [3.05, 3.63) is 36.3 Å². The van der Waals surface area contributed by atoms with Crippen LogP contribution in [0.4, 0.5) is 0 Å². The van der Waals surface area contributed by atoms with E-state index in [-0.39, 0.29) is 17.9 Å². The first-order valence-corrected chi connectivity index (χ1v) is 7.59. The molecule has 0 bridgehead atoms. The Labute approximate surface area is 123 Å². The lowest BCUT2D eigenvalue weighted by molar-refractivity contribution is -0.129. The standard InChI is InChI=1S/C16H19N3O2/c20-14-5-4-11-8-19(10-13(11)14)16(21)7-12-9-18-6-2-1-3-15(18)17-12/h1-3,6,9,11,13-14,20H,4-5,7-8,10H2. The number of hydrogen-bond donors (Lipinski definition) is 1. The minimum absolute atomic E-state index is 0.125. The van der Waals surface area contributed by atoms with Crippen molar-refractivity contribution in [2.75, 3.05) is 13.1 Å². The maximum absolute atomic E-state index is 12.4. The molecular formula is C16H19N3O2. The smallest absolute Gasteiger partial charge is 0.228 e. The predicted molar refractivity (Wildman–Crippen MR) is 77.7 cm³/mol. The molecule has 2 aliphatic rings. The van der Waals surface area contributed by atoms with Gasteiger partial charge in [-0.1, -0.05) is 6.07 Å². The van der Waals surface area contributed by atoms with Gasteiger partial charge < -0.3 is 14.4 Å². The Kier molecular flexibility index (Phi) is 2.96. The lowest BCUT2D eigenvalue weighted by atomic mass is 10.00. The van der Waals surface area contributed by atoms with Gasteiger partial charge in [-0.05, 0) is 30.9 Å². The van der Waals surface area contributed by atoms with E-state index in [1.807, 2.05) is 39.9 Å². The summed E-state index contributed by atoms with van der Waals surface area (Å²) in [4.78, 5) is 18.8. The fourth-order valence-electron chi connectivity index (χ4n) is 3.78. The van der Waals surface area contributed by atoms with Gasteiger partial charge in [0, 0.05) is 31.4 Å². The van der Waals surface area contributed by atoms with Crippen LogP contribution >= 0.6 is 0 Å². The molecule has 1 amide bonds. The van der Waals surface area contributed by atoms with Crippen LogP contribution in [0.15, 0.2) is 30.6 Å². The van der Waals surface area contributed by atoms with E-state index in [2.05, 4.69) is 4.98 Å². The number of imidazole rings is 1. The van der Waals surface area contributed by atoms with Crippen LogP contribution in [-0.2, 0) is 11.2 Å². The summed E-state index contributed by atoms with van der Waals surface area (Å²) in [6, 6.07) is 5.82. The molecule has 0 aromatic carbocycles. The zero-order chi connectivity index (χ0) is 14.4. The number of nitrogens with zero attached hydrogens (tertiary/aromatic N) is 3. The largest absolute Gasteiger partial charge is 0.393 e. The molecule has 110 valence electrons. The Morgan fingerprint density at radius 3 is 3.05 bits per heavy atom. The number of rotatable bonds is 2. The van der Waals surface area contributed by atoms with Crippen molar-refractivity contribution in [3.8, 4) is 0 Å². The third-order valence-corrected chi connectivity index (χ3v) is 4.92. The molecule has 0 radical (unpaired) electrons. The minimum Gasteiger partial charge on any atom is -0.393 e. The fraction of sp³-hybridized carbons (Fsp3) is 0.500. The average Bonchev–Trinajstić information content (AvgIpc) is 3.14. The highest BCUT2D eigenvalue weighted by Gasteiger charge is 2.43. The summed E-state index contributed by atoms with van der Waals surface area (Å²) < 4.78 is 1.94. The summed E-state index contributed by atoms with van der Waals surface area (Å²) >= 11 is 0. The summed E-state index contributed by atoms with van der Waals surface area (Å²) in [6.45, 7) is 1.51. The molecule has 2 aromatic rings. The second-order valence-electron chi connectivity index (χ2n) is 6.24. The van der Waals surface area contributed by atoms with E-state index in [4.69, 9.17) is 0 Å². The number of fused-ring (bicyclic) bond motifs is 2. The first kappa shape index (κ1) is 12.8. The molecule has 3 heterocycles. The highest BCUT2D eigenvalue weighted by Crippen LogP contribution is 2.38. The van der Waals surface area contributed by atoms with Crippen molar-refractivity contribution < 1.29 is 9.90 Å². The number of aliphatic hydroxyl groups is 1. The molecule has 2 aromatic heterocycles. The molecule has 1 saturated carbocycles. The second-order valence-corrected chi connectivity index (χ2v) is 6.24. The van der Waals surface area contributed by atoms with Gasteiger partial charge in [0.05, 0.1) is 18.2 Å². The molecule has 1 aliphatic carbocycles. The van der Waals surface area contributed by atoms with Crippen molar-refractivity contribution in [2.24, 2.45) is 11.8 Å². The number of amides is 1. The zero-order valence-corrected chi connectivity index (χ0v) is 11.9. The number of carbonyl (C=O) groups excluding carboxylic acids is 1. The maximum atomic E-state index is 12.4. The lowest BCUT2D eigenvalue weighted by Crippen LogP contribution is -2.32. The van der Waals surface area contributed by atoms with E-state index < -0.39 is 0 Å². The van der Waals surface area contributed by atoms with Crippen molar-refractivity contribution in [3.63, 3.8) is 0 Å². The molecule has 2 fully saturated rings. The van der Waals surface area contributed by atoms with Gasteiger partial charge in [0.15, 0.2) is 0 Å². The van der Waals surface area contributed by atoms with Crippen LogP contribution in [-0.4, -0.2) is 44.5 Å². The topological polar surface area (TPSA) is 57.8 Å². The molecule has 3 unspecified atom stereocenters. The Morgan fingerprint density at radius 2 is 2.24 bits per heavy atom. The Balaban J connectivity index is 1.46. The van der Waals surface area contributed by atoms with Crippen molar-refractivity contribution in [1.82, 2.24) is 14.3 Å². The van der Waals surface area contributed by atoms with Gasteiger partial charge in [0.1, 0.15) is 5.65 Å². The minimum atomic E-state index is -0.219. The van der Waals surface area contributed by atoms with Crippen molar-refractivity contribution in [1.29, 1.82) is 0 Å². The van der Waals surface area contributed by atoms with E-state index in [1.165, 1.54) is 0 Å². The van der Waals surface area contributed by atoms with E-state index in [0.29, 0.717) is 18.9 Å². The summed E-state index contributed by atoms with van der Waals surface area (Å²) in [6.07, 6.45) is 5.92. The summed E-state index contributed by atoms with van der Waals surface area (Å²) in [5.74, 6) is 0.903. The third kappa shape index (κ3) is 2.21. The Bertz CT molecular complexity index is 648. The van der Waals surface area contributed by atoms with Crippen LogP contribution in [0.2, 0.25) is 0 Å². The SMILES string of the molecule is O=C(Cc1cn2ccccc2n1)N1CC2CCC(O)C2C1. The first-order chi connectivity index (χ1) is 10.2. The molecule has 5 nitrogen and oxygen atoms in total. The number of aromatic nitrogens is 2. The molecule has 3 atom stereocenters. The van der Waals surface area contributed by atoms with E-state index in [0.717, 1.165) is 30.7 Å². The Hall–Kier alpha value is -1.88. The number of carbonyl (C=O) groups is 1. The van der Waals surface area contributed by atoms with Gasteiger partial charge in [0.2, 0.25) is 5.91 Å². The number of likely N-dealkylation sites (tertiary alicyclic amines) is 1. The molecular weight excluding hydrogens is 266 g/mol. The van der Waals surface area contributed by atoms with Crippen LogP contribution in [0.5, 0.6) is 0 Å². The van der Waals surface area contributed by atoms with E-state index >= 15 is 0 Å². The first-order valence-electron chi connectivity index (χ1n) is 7.59. The fourth-order valence-corrected chi connectivity index (χ4v) is 3.78. The molecule has 1 aliphatic heterocycles. The van der Waals surface area contributed by atoms with Gasteiger partial charge in [-0.2, -0.15) is 0 Å². The van der Waals surface area contributed by atoms with Crippen molar-refractivity contribution in [2.45, 2.75) is 25.4 Å². The predicted octanol–water partition coefficient (Wildman–Crippen LogP) is 1.11. The normalized spacial score (nSPS) is 28.2. The molecule has 4 rings (SSSR count). The van der Waals surface area contributed by atoms with E-state index in [1.54, 1.807) is 0 Å². The van der Waals surface area contributed by atoms with Crippen LogP contribution in [0.1, 0.15) is 18.5 Å². The van der Waals surface area contributed by atoms with Gasteiger partial charge >= 0.3 is 0 Å². The second kappa shape index (κ2) is 4.84. The van der Waals surface area contributed by atoms with Crippen LogP contribution < -0.4 is 0 Å². The summed E-state index contributed by atoms with van der Waals surface area (Å²) in [5, 5.41) is 9.93. The van der Waals surface area contributed by atoms with Gasteiger partial charge in [-0.25, -0.2) is 4.98 Å². The summed E-state index contributed by atoms with van der Waals surface area (Å²) in [5.41, 5.74) is 1.68. The number of aliphatic hydroxyl groups excluding tert-OH is 1. The summed E-state index contributed by atoms with van der Waals surface area (Å²) in [7, 11) is 0. The van der Waals surface area contributed by atoms with Gasteiger partial charge in [-0.3, -0.25) is 4.79 Å². The molecule has 1 N–H and O–H groups in total. The molecule has 5 heteroatoms. The number of hydrogen-bond acceptors (Lipinski definition) is 3.